The van der Waals surface area contributed by atoms with Gasteiger partial charge in [-0.25, -0.2) is 9.48 Å². The zero-order chi connectivity index (χ0) is 15.4. The third-order valence-electron chi connectivity index (χ3n) is 2.76. The van der Waals surface area contributed by atoms with Crippen molar-refractivity contribution >= 4 is 40.8 Å². The van der Waals surface area contributed by atoms with E-state index in [-0.39, 0.29) is 18.2 Å². The third kappa shape index (κ3) is 3.67. The van der Waals surface area contributed by atoms with E-state index in [2.05, 4.69) is 10.3 Å². The quantitative estimate of drug-likeness (QED) is 0.612. The Morgan fingerprint density at radius 3 is 2.81 bits per heavy atom. The topological polar surface area (TPSA) is 57.0 Å². The zero-order valence-corrected chi connectivity index (χ0v) is 13.4. The normalized spacial score (nSPS) is 10.7. The lowest BCUT2D eigenvalue weighted by Gasteiger charge is -2.07. The van der Waals surface area contributed by atoms with Crippen LogP contribution in [0.4, 0.5) is 0 Å². The predicted octanol–water partition coefficient (Wildman–Crippen LogP) is 3.55. The van der Waals surface area contributed by atoms with Crippen LogP contribution in [0, 0.1) is 0 Å². The number of benzene rings is 1. The smallest absolute Gasteiger partial charge is 0.360 e. The van der Waals surface area contributed by atoms with E-state index in [9.17, 15) is 4.79 Å². The van der Waals surface area contributed by atoms with Crippen molar-refractivity contribution in [1.82, 2.24) is 15.0 Å². The highest BCUT2D eigenvalue weighted by molar-refractivity contribution is 6.33. The monoisotopic (exact) mass is 347 g/mol. The van der Waals surface area contributed by atoms with Crippen molar-refractivity contribution in [2.75, 3.05) is 6.61 Å². The molecule has 112 valence electrons. The maximum absolute atomic E-state index is 11.8. The maximum Gasteiger partial charge on any atom is 0.360 e. The lowest BCUT2D eigenvalue weighted by atomic mass is 10.2. The Morgan fingerprint density at radius 2 is 2.14 bits per heavy atom. The largest absolute Gasteiger partial charge is 0.461 e. The molecule has 0 saturated carbocycles. The van der Waals surface area contributed by atoms with Crippen molar-refractivity contribution < 1.29 is 9.53 Å². The van der Waals surface area contributed by atoms with Gasteiger partial charge in [-0.1, -0.05) is 28.4 Å². The molecule has 0 unspecified atom stereocenters. The van der Waals surface area contributed by atoms with E-state index in [1.54, 1.807) is 25.1 Å². The molecule has 0 aliphatic rings. The molecule has 21 heavy (non-hydrogen) atoms. The average molecular weight is 349 g/mol. The van der Waals surface area contributed by atoms with Gasteiger partial charge in [-0.15, -0.1) is 16.7 Å². The second kappa shape index (κ2) is 7.11. The van der Waals surface area contributed by atoms with E-state index in [1.807, 2.05) is 0 Å². The van der Waals surface area contributed by atoms with Crippen LogP contribution < -0.4 is 0 Å². The summed E-state index contributed by atoms with van der Waals surface area (Å²) in [4.78, 5) is 11.8. The Morgan fingerprint density at radius 1 is 1.38 bits per heavy atom. The first-order valence-electron chi connectivity index (χ1n) is 6.16. The lowest BCUT2D eigenvalue weighted by molar-refractivity contribution is 0.0518. The summed E-state index contributed by atoms with van der Waals surface area (Å²) in [5.41, 5.74) is 1.35. The molecule has 1 aromatic heterocycles. The predicted molar refractivity (Wildman–Crippen MR) is 81.1 cm³/mol. The zero-order valence-electron chi connectivity index (χ0n) is 11.1. The van der Waals surface area contributed by atoms with Gasteiger partial charge in [0.25, 0.3) is 0 Å². The molecular weight excluding hydrogens is 337 g/mol. The number of alkyl halides is 1. The summed E-state index contributed by atoms with van der Waals surface area (Å²) in [6, 6.07) is 5.12. The molecule has 1 aromatic carbocycles. The van der Waals surface area contributed by atoms with Gasteiger partial charge in [-0.2, -0.15) is 0 Å². The fourth-order valence-corrected chi connectivity index (χ4v) is 2.41. The van der Waals surface area contributed by atoms with Crippen molar-refractivity contribution in [3.05, 3.63) is 45.2 Å². The molecule has 0 atom stereocenters. The van der Waals surface area contributed by atoms with Gasteiger partial charge >= 0.3 is 5.97 Å². The molecule has 0 radical (unpaired) electrons. The van der Waals surface area contributed by atoms with Crippen molar-refractivity contribution in [1.29, 1.82) is 0 Å². The highest BCUT2D eigenvalue weighted by atomic mass is 35.5. The fraction of sp³-hybridized carbons (Fsp3) is 0.308. The van der Waals surface area contributed by atoms with Crippen LogP contribution in [0.25, 0.3) is 0 Å². The Labute approximate surface area is 136 Å². The van der Waals surface area contributed by atoms with Crippen LogP contribution in [0.15, 0.2) is 18.2 Å². The van der Waals surface area contributed by atoms with Crippen molar-refractivity contribution in [3.63, 3.8) is 0 Å². The molecule has 0 spiro atoms. The van der Waals surface area contributed by atoms with Crippen LogP contribution in [0.5, 0.6) is 0 Å². The minimum Gasteiger partial charge on any atom is -0.461 e. The molecule has 0 amide bonds. The van der Waals surface area contributed by atoms with Crippen molar-refractivity contribution in [2.24, 2.45) is 0 Å². The Bertz CT molecular complexity index is 658. The Kier molecular flexibility index (Phi) is 5.45. The molecule has 0 bridgehead atoms. The second-order valence-electron chi connectivity index (χ2n) is 4.13. The molecular formula is C13H12Cl3N3O2. The van der Waals surface area contributed by atoms with Gasteiger partial charge in [-0.3, -0.25) is 0 Å². The van der Waals surface area contributed by atoms with Crippen molar-refractivity contribution in [3.8, 4) is 0 Å². The van der Waals surface area contributed by atoms with Gasteiger partial charge in [0.1, 0.15) is 0 Å². The van der Waals surface area contributed by atoms with E-state index >= 15 is 0 Å². The number of nitrogens with zero attached hydrogens (tertiary/aromatic N) is 3. The van der Waals surface area contributed by atoms with Gasteiger partial charge in [0.05, 0.1) is 24.7 Å². The van der Waals surface area contributed by atoms with Crippen LogP contribution in [0.1, 0.15) is 28.7 Å². The number of ether oxygens (including phenoxy) is 1. The molecule has 5 nitrogen and oxygen atoms in total. The standard InChI is InChI=1S/C13H12Cl3N3O2/c1-2-21-13(20)12-11(6-14)19(18-17-12)7-8-5-9(15)3-4-10(8)16/h3-5H,2,6-7H2,1H3. The molecule has 2 aromatic rings. The fourth-order valence-electron chi connectivity index (χ4n) is 1.78. The van der Waals surface area contributed by atoms with Gasteiger partial charge in [-0.05, 0) is 30.7 Å². The first-order chi connectivity index (χ1) is 10.1. The summed E-state index contributed by atoms with van der Waals surface area (Å²) in [7, 11) is 0. The van der Waals surface area contributed by atoms with Crippen LogP contribution in [-0.2, 0) is 17.2 Å². The van der Waals surface area contributed by atoms with Crippen LogP contribution in [-0.4, -0.2) is 27.6 Å². The Balaban J connectivity index is 2.32. The van der Waals surface area contributed by atoms with E-state index in [1.165, 1.54) is 4.68 Å². The number of aromatic nitrogens is 3. The minimum absolute atomic E-state index is 0.0827. The highest BCUT2D eigenvalue weighted by Crippen LogP contribution is 2.22. The number of hydrogen-bond acceptors (Lipinski definition) is 4. The minimum atomic E-state index is -0.545. The molecule has 1 heterocycles. The molecule has 0 fully saturated rings. The Hall–Kier alpha value is -1.30. The highest BCUT2D eigenvalue weighted by Gasteiger charge is 2.20. The van der Waals surface area contributed by atoms with E-state index in [0.29, 0.717) is 22.3 Å². The lowest BCUT2D eigenvalue weighted by Crippen LogP contribution is -2.10. The molecule has 0 aliphatic heterocycles. The average Bonchev–Trinajstić information content (AvgIpc) is 2.86. The number of halogens is 3. The van der Waals surface area contributed by atoms with Crippen LogP contribution in [0.3, 0.4) is 0 Å². The van der Waals surface area contributed by atoms with E-state index in [0.717, 1.165) is 5.56 Å². The number of rotatable bonds is 5. The molecule has 8 heteroatoms. The van der Waals surface area contributed by atoms with E-state index in [4.69, 9.17) is 39.5 Å². The van der Waals surface area contributed by atoms with Gasteiger partial charge in [0, 0.05) is 10.0 Å². The summed E-state index contributed by atoms with van der Waals surface area (Å²) in [5, 5.41) is 8.88. The summed E-state index contributed by atoms with van der Waals surface area (Å²) in [6.07, 6.45) is 0. The molecule has 0 saturated heterocycles. The number of carbonyl (C=O) groups is 1. The van der Waals surface area contributed by atoms with E-state index < -0.39 is 5.97 Å². The number of esters is 1. The summed E-state index contributed by atoms with van der Waals surface area (Å²) < 4.78 is 6.43. The molecule has 0 N–H and O–H groups in total. The number of carbonyl (C=O) groups excluding carboxylic acids is 1. The first kappa shape index (κ1) is 16.1. The molecule has 0 aliphatic carbocycles. The maximum atomic E-state index is 11.8. The van der Waals surface area contributed by atoms with Gasteiger partial charge in [0.2, 0.25) is 0 Å². The summed E-state index contributed by atoms with van der Waals surface area (Å²) >= 11 is 18.0. The van der Waals surface area contributed by atoms with Crippen LogP contribution >= 0.6 is 34.8 Å². The summed E-state index contributed by atoms with van der Waals surface area (Å²) in [5.74, 6) is -0.462. The third-order valence-corrected chi connectivity index (χ3v) is 3.62. The molecule has 2 rings (SSSR count). The van der Waals surface area contributed by atoms with Crippen molar-refractivity contribution in [2.45, 2.75) is 19.3 Å². The van der Waals surface area contributed by atoms with Gasteiger partial charge < -0.3 is 4.74 Å². The summed E-state index contributed by atoms with van der Waals surface area (Å²) in [6.45, 7) is 2.29. The van der Waals surface area contributed by atoms with Crippen LogP contribution in [0.2, 0.25) is 10.0 Å². The number of hydrogen-bond donors (Lipinski definition) is 0. The SMILES string of the molecule is CCOC(=O)c1nnn(Cc2cc(Cl)ccc2Cl)c1CCl. The van der Waals surface area contributed by atoms with Gasteiger partial charge in [0.15, 0.2) is 5.69 Å². The second-order valence-corrected chi connectivity index (χ2v) is 5.24. The first-order valence-corrected chi connectivity index (χ1v) is 7.45.